The largest absolute Gasteiger partial charge is 0.294 e. The quantitative estimate of drug-likeness (QED) is 0.416. The Morgan fingerprint density at radius 1 is 1.09 bits per heavy atom. The summed E-state index contributed by atoms with van der Waals surface area (Å²) in [5.74, 6) is 0. The highest BCUT2D eigenvalue weighted by molar-refractivity contribution is 6.08. The molecule has 0 aromatic carbocycles. The first-order valence-electron chi connectivity index (χ1n) is 4.42. The molecule has 0 bridgehead atoms. The van der Waals surface area contributed by atoms with Crippen molar-refractivity contribution in [3.63, 3.8) is 0 Å². The first-order valence-corrected chi connectivity index (χ1v) is 4.42. The van der Waals surface area contributed by atoms with Crippen molar-refractivity contribution in [2.75, 3.05) is 28.2 Å². The Labute approximate surface area is 72.0 Å². The molecule has 0 aliphatic rings. The number of rotatable bonds is 5. The van der Waals surface area contributed by atoms with Crippen molar-refractivity contribution in [3.05, 3.63) is 0 Å². The third-order valence-corrected chi connectivity index (χ3v) is 2.01. The van der Waals surface area contributed by atoms with E-state index in [0.717, 1.165) is 0 Å². The molecule has 0 saturated heterocycles. The lowest BCUT2D eigenvalue weighted by Gasteiger charge is -2.30. The van der Waals surface area contributed by atoms with Crippen LogP contribution in [0.3, 0.4) is 0 Å². The zero-order valence-corrected chi connectivity index (χ0v) is 8.59. The van der Waals surface area contributed by atoms with E-state index in [1.165, 1.54) is 19.2 Å². The summed E-state index contributed by atoms with van der Waals surface area (Å²) in [6.07, 6.45) is 4.49. The molecular weight excluding hydrogens is 135 g/mol. The molecule has 0 amide bonds. The van der Waals surface area contributed by atoms with E-state index < -0.39 is 0 Å². The van der Waals surface area contributed by atoms with Gasteiger partial charge in [-0.1, -0.05) is 12.7 Å². The summed E-state index contributed by atoms with van der Waals surface area (Å²) < 4.78 is 0. The van der Waals surface area contributed by atoms with E-state index in [0.29, 0.717) is 6.17 Å². The average Bonchev–Trinajstić information content (AvgIpc) is 1.87. The predicted octanol–water partition coefficient (Wildman–Crippen LogP) is 0.267. The second kappa shape index (κ2) is 5.61. The molecule has 0 aliphatic carbocycles. The Morgan fingerprint density at radius 3 is 1.82 bits per heavy atom. The van der Waals surface area contributed by atoms with Gasteiger partial charge in [0.1, 0.15) is 7.85 Å². The second-order valence-electron chi connectivity index (χ2n) is 3.55. The lowest BCUT2D eigenvalue weighted by atomic mass is 9.99. The van der Waals surface area contributed by atoms with Crippen molar-refractivity contribution < 1.29 is 0 Å². The predicted molar refractivity (Wildman–Crippen MR) is 53.7 cm³/mol. The standard InChI is InChI=1S/C8H21BN2/c1-10(2)8(11(3)4)6-5-7-9/h8H,5-7,9H2,1-4H3. The van der Waals surface area contributed by atoms with E-state index in [1.54, 1.807) is 0 Å². The monoisotopic (exact) mass is 156 g/mol. The van der Waals surface area contributed by atoms with Crippen molar-refractivity contribution in [2.45, 2.75) is 25.3 Å². The highest BCUT2D eigenvalue weighted by atomic mass is 15.3. The van der Waals surface area contributed by atoms with Crippen LogP contribution in [0.15, 0.2) is 0 Å². The Hall–Kier alpha value is -0.0151. The molecule has 0 aliphatic heterocycles. The molecule has 0 fully saturated rings. The fraction of sp³-hybridized carbons (Fsp3) is 1.00. The van der Waals surface area contributed by atoms with Gasteiger partial charge in [0, 0.05) is 0 Å². The van der Waals surface area contributed by atoms with Crippen LogP contribution in [0.25, 0.3) is 0 Å². The summed E-state index contributed by atoms with van der Waals surface area (Å²) in [6.45, 7) is 0. The Kier molecular flexibility index (Phi) is 5.60. The molecule has 0 spiro atoms. The maximum atomic E-state index is 2.27. The summed E-state index contributed by atoms with van der Waals surface area (Å²) in [6, 6.07) is 0. The average molecular weight is 156 g/mol. The fourth-order valence-electron chi connectivity index (χ4n) is 1.36. The van der Waals surface area contributed by atoms with Gasteiger partial charge in [-0.15, -0.1) is 0 Å². The van der Waals surface area contributed by atoms with Gasteiger partial charge in [-0.2, -0.15) is 0 Å². The van der Waals surface area contributed by atoms with E-state index in [9.17, 15) is 0 Å². The van der Waals surface area contributed by atoms with Crippen LogP contribution >= 0.6 is 0 Å². The van der Waals surface area contributed by atoms with Gasteiger partial charge in [-0.25, -0.2) is 0 Å². The topological polar surface area (TPSA) is 6.48 Å². The summed E-state index contributed by atoms with van der Waals surface area (Å²) in [7, 11) is 10.8. The molecule has 0 N–H and O–H groups in total. The molecule has 2 nitrogen and oxygen atoms in total. The van der Waals surface area contributed by atoms with Crippen LogP contribution in [0.5, 0.6) is 0 Å². The Balaban J connectivity index is 3.70. The van der Waals surface area contributed by atoms with Gasteiger partial charge in [0.15, 0.2) is 0 Å². The van der Waals surface area contributed by atoms with Gasteiger partial charge in [0.05, 0.1) is 6.17 Å². The normalized spacial score (nSPS) is 11.9. The van der Waals surface area contributed by atoms with Crippen molar-refractivity contribution in [3.8, 4) is 0 Å². The van der Waals surface area contributed by atoms with Crippen molar-refractivity contribution >= 4 is 7.85 Å². The summed E-state index contributed by atoms with van der Waals surface area (Å²) >= 11 is 0. The van der Waals surface area contributed by atoms with Crippen LogP contribution in [0.2, 0.25) is 6.32 Å². The minimum atomic E-state index is 0.606. The minimum absolute atomic E-state index is 0.606. The molecule has 0 rings (SSSR count). The zero-order chi connectivity index (χ0) is 8.85. The lowest BCUT2D eigenvalue weighted by molar-refractivity contribution is 0.119. The fourth-order valence-corrected chi connectivity index (χ4v) is 1.36. The Bertz CT molecular complexity index is 86.1. The molecule has 0 aromatic rings. The van der Waals surface area contributed by atoms with E-state index in [1.807, 2.05) is 0 Å². The molecule has 0 heterocycles. The first kappa shape index (κ1) is 11.0. The number of hydrogen-bond acceptors (Lipinski definition) is 2. The van der Waals surface area contributed by atoms with Gasteiger partial charge in [0.25, 0.3) is 0 Å². The van der Waals surface area contributed by atoms with Crippen molar-refractivity contribution in [1.82, 2.24) is 9.80 Å². The number of nitrogens with zero attached hydrogens (tertiary/aromatic N) is 2. The van der Waals surface area contributed by atoms with E-state index in [4.69, 9.17) is 0 Å². The third-order valence-electron chi connectivity index (χ3n) is 2.01. The van der Waals surface area contributed by atoms with Gasteiger partial charge in [-0.05, 0) is 34.6 Å². The third kappa shape index (κ3) is 4.43. The summed E-state index contributed by atoms with van der Waals surface area (Å²) in [4.78, 5) is 4.55. The summed E-state index contributed by atoms with van der Waals surface area (Å²) in [5, 5.41) is 0. The highest BCUT2D eigenvalue weighted by Crippen LogP contribution is 2.06. The Morgan fingerprint density at radius 2 is 1.55 bits per heavy atom. The second-order valence-corrected chi connectivity index (χ2v) is 3.55. The van der Waals surface area contributed by atoms with E-state index in [2.05, 4.69) is 45.8 Å². The van der Waals surface area contributed by atoms with E-state index in [-0.39, 0.29) is 0 Å². The van der Waals surface area contributed by atoms with Crippen molar-refractivity contribution in [1.29, 1.82) is 0 Å². The maximum absolute atomic E-state index is 2.27. The van der Waals surface area contributed by atoms with Gasteiger partial charge < -0.3 is 0 Å². The molecular formula is C8H21BN2. The van der Waals surface area contributed by atoms with Crippen LogP contribution in [-0.2, 0) is 0 Å². The molecule has 66 valence electrons. The van der Waals surface area contributed by atoms with Crippen LogP contribution < -0.4 is 0 Å². The van der Waals surface area contributed by atoms with Crippen LogP contribution in [-0.4, -0.2) is 52.0 Å². The maximum Gasteiger partial charge on any atom is 0.101 e. The SMILES string of the molecule is BCCCC(N(C)C)N(C)C. The van der Waals surface area contributed by atoms with Crippen LogP contribution in [0.4, 0.5) is 0 Å². The molecule has 0 atom stereocenters. The number of hydrogen-bond donors (Lipinski definition) is 0. The smallest absolute Gasteiger partial charge is 0.101 e. The molecule has 0 unspecified atom stereocenters. The van der Waals surface area contributed by atoms with Crippen LogP contribution in [0, 0.1) is 0 Å². The minimum Gasteiger partial charge on any atom is -0.294 e. The highest BCUT2D eigenvalue weighted by Gasteiger charge is 2.11. The molecule has 0 aromatic heterocycles. The molecule has 0 saturated carbocycles. The van der Waals surface area contributed by atoms with Gasteiger partial charge in [0.2, 0.25) is 0 Å². The van der Waals surface area contributed by atoms with Crippen LogP contribution in [0.1, 0.15) is 12.8 Å². The van der Waals surface area contributed by atoms with Gasteiger partial charge >= 0.3 is 0 Å². The van der Waals surface area contributed by atoms with E-state index >= 15 is 0 Å². The molecule has 0 radical (unpaired) electrons. The summed E-state index contributed by atoms with van der Waals surface area (Å²) in [5.41, 5.74) is 0. The first-order chi connectivity index (χ1) is 5.09. The molecule has 11 heavy (non-hydrogen) atoms. The lowest BCUT2D eigenvalue weighted by Crippen LogP contribution is -2.40. The zero-order valence-electron chi connectivity index (χ0n) is 8.59. The molecule has 3 heteroatoms. The van der Waals surface area contributed by atoms with Gasteiger partial charge in [-0.3, -0.25) is 9.80 Å². The van der Waals surface area contributed by atoms with Crippen molar-refractivity contribution in [2.24, 2.45) is 0 Å².